The fourth-order valence-corrected chi connectivity index (χ4v) is 2.42. The first-order valence-electron chi connectivity index (χ1n) is 5.97. The van der Waals surface area contributed by atoms with Crippen molar-refractivity contribution in [2.24, 2.45) is 0 Å². The molecule has 1 saturated heterocycles. The maximum Gasteiger partial charge on any atom is 0.326 e. The second-order valence-corrected chi connectivity index (χ2v) is 5.03. The smallest absolute Gasteiger partial charge is 0.326 e. The topological polar surface area (TPSA) is 121 Å². The molecule has 1 fully saturated rings. The normalized spacial score (nSPS) is 21.3. The fourth-order valence-electron chi connectivity index (χ4n) is 2.22. The van der Waals surface area contributed by atoms with Crippen molar-refractivity contribution in [1.29, 1.82) is 0 Å². The molecule has 0 aromatic heterocycles. The summed E-state index contributed by atoms with van der Waals surface area (Å²) in [7, 11) is 0. The monoisotopic (exact) mass is 314 g/mol. The minimum atomic E-state index is -1.25. The summed E-state index contributed by atoms with van der Waals surface area (Å²) in [6, 6.07) is 2.17. The van der Waals surface area contributed by atoms with Gasteiger partial charge in [-0.25, -0.2) is 4.79 Å². The van der Waals surface area contributed by atoms with Crippen LogP contribution in [0.4, 0.5) is 5.69 Å². The summed E-state index contributed by atoms with van der Waals surface area (Å²) in [5.41, 5.74) is -0.486. The number of non-ortho nitro benzene ring substituents is 1. The Balaban J connectivity index is 2.37. The number of carboxylic acids is 1. The number of carbonyl (C=O) groups is 2. The summed E-state index contributed by atoms with van der Waals surface area (Å²) in [5, 5.41) is 29.3. The highest BCUT2D eigenvalue weighted by Gasteiger charge is 2.40. The number of halogens is 1. The van der Waals surface area contributed by atoms with Gasteiger partial charge in [0.2, 0.25) is 0 Å². The molecule has 1 heterocycles. The minimum absolute atomic E-state index is 0.0175. The molecule has 8 nitrogen and oxygen atoms in total. The lowest BCUT2D eigenvalue weighted by Gasteiger charge is -2.21. The quantitative estimate of drug-likeness (QED) is 0.631. The van der Waals surface area contributed by atoms with Gasteiger partial charge in [-0.05, 0) is 6.07 Å². The largest absolute Gasteiger partial charge is 0.480 e. The Labute approximate surface area is 123 Å². The van der Waals surface area contributed by atoms with Crippen molar-refractivity contribution < 1.29 is 24.7 Å². The van der Waals surface area contributed by atoms with Crippen molar-refractivity contribution in [1.82, 2.24) is 4.90 Å². The number of hydrogen-bond donors (Lipinski definition) is 2. The van der Waals surface area contributed by atoms with E-state index in [4.69, 9.17) is 16.7 Å². The molecule has 1 aliphatic heterocycles. The molecule has 0 aliphatic carbocycles. The molecule has 1 aliphatic rings. The highest BCUT2D eigenvalue weighted by atomic mass is 35.5. The van der Waals surface area contributed by atoms with Crippen LogP contribution in [0.25, 0.3) is 0 Å². The van der Waals surface area contributed by atoms with Gasteiger partial charge < -0.3 is 15.1 Å². The molecule has 1 aromatic rings. The van der Waals surface area contributed by atoms with Crippen LogP contribution in [0.2, 0.25) is 5.02 Å². The number of aliphatic hydroxyl groups excluding tert-OH is 1. The zero-order valence-corrected chi connectivity index (χ0v) is 11.4. The number of nitro benzene ring substituents is 1. The van der Waals surface area contributed by atoms with Crippen LogP contribution in [0.1, 0.15) is 16.8 Å². The van der Waals surface area contributed by atoms with Crippen LogP contribution in [-0.2, 0) is 4.79 Å². The van der Waals surface area contributed by atoms with Crippen molar-refractivity contribution in [2.45, 2.75) is 18.6 Å². The summed E-state index contributed by atoms with van der Waals surface area (Å²) in [6.07, 6.45) is -1.04. The maximum absolute atomic E-state index is 12.3. The average Bonchev–Trinajstić information content (AvgIpc) is 2.80. The molecule has 1 aromatic carbocycles. The van der Waals surface area contributed by atoms with Gasteiger partial charge in [-0.3, -0.25) is 14.9 Å². The maximum atomic E-state index is 12.3. The molecular weight excluding hydrogens is 304 g/mol. The third-order valence-corrected chi connectivity index (χ3v) is 3.55. The third kappa shape index (κ3) is 2.96. The lowest BCUT2D eigenvalue weighted by molar-refractivity contribution is -0.384. The zero-order chi connectivity index (χ0) is 15.7. The Morgan fingerprint density at radius 3 is 2.67 bits per heavy atom. The summed E-state index contributed by atoms with van der Waals surface area (Å²) in [5.74, 6) is -2.01. The summed E-state index contributed by atoms with van der Waals surface area (Å²) >= 11 is 5.86. The van der Waals surface area contributed by atoms with Crippen LogP contribution < -0.4 is 0 Å². The SMILES string of the molecule is O=C(O)[C@H]1C[C@@H](O)CN1C(=O)c1cc([N+](=O)[O-])ccc1Cl. The van der Waals surface area contributed by atoms with Crippen molar-refractivity contribution in [3.8, 4) is 0 Å². The van der Waals surface area contributed by atoms with E-state index in [1.165, 1.54) is 6.07 Å². The molecule has 9 heteroatoms. The highest BCUT2D eigenvalue weighted by molar-refractivity contribution is 6.34. The number of carboxylic acid groups (broad SMARTS) is 1. The van der Waals surface area contributed by atoms with Crippen molar-refractivity contribution in [3.63, 3.8) is 0 Å². The van der Waals surface area contributed by atoms with Crippen LogP contribution in [0, 0.1) is 10.1 Å². The molecule has 2 atom stereocenters. The second kappa shape index (κ2) is 5.66. The number of amides is 1. The highest BCUT2D eigenvalue weighted by Crippen LogP contribution is 2.27. The van der Waals surface area contributed by atoms with Crippen LogP contribution in [0.3, 0.4) is 0 Å². The Kier molecular flexibility index (Phi) is 4.10. The van der Waals surface area contributed by atoms with Gasteiger partial charge in [-0.15, -0.1) is 0 Å². The lowest BCUT2D eigenvalue weighted by atomic mass is 10.1. The Morgan fingerprint density at radius 2 is 2.10 bits per heavy atom. The minimum Gasteiger partial charge on any atom is -0.480 e. The fraction of sp³-hybridized carbons (Fsp3) is 0.333. The number of nitrogens with zero attached hydrogens (tertiary/aromatic N) is 2. The van der Waals surface area contributed by atoms with Crippen molar-refractivity contribution >= 4 is 29.2 Å². The molecule has 2 N–H and O–H groups in total. The Bertz CT molecular complexity index is 620. The molecule has 0 spiro atoms. The van der Waals surface area contributed by atoms with E-state index >= 15 is 0 Å². The summed E-state index contributed by atoms with van der Waals surface area (Å²) < 4.78 is 0. The average molecular weight is 315 g/mol. The number of likely N-dealkylation sites (tertiary alicyclic amines) is 1. The van der Waals surface area contributed by atoms with E-state index in [2.05, 4.69) is 0 Å². The van der Waals surface area contributed by atoms with Gasteiger partial charge in [0.25, 0.3) is 11.6 Å². The lowest BCUT2D eigenvalue weighted by Crippen LogP contribution is -2.40. The van der Waals surface area contributed by atoms with E-state index < -0.39 is 28.9 Å². The first kappa shape index (κ1) is 15.2. The number of aliphatic hydroxyl groups is 1. The Hall–Kier alpha value is -2.19. The zero-order valence-electron chi connectivity index (χ0n) is 10.6. The van der Waals surface area contributed by atoms with Crippen LogP contribution in [-0.4, -0.2) is 50.6 Å². The molecular formula is C12H11ClN2O6. The number of hydrogen-bond acceptors (Lipinski definition) is 5. The van der Waals surface area contributed by atoms with Crippen molar-refractivity contribution in [3.05, 3.63) is 38.9 Å². The number of nitro groups is 1. The van der Waals surface area contributed by atoms with Gasteiger partial charge in [0, 0.05) is 25.1 Å². The number of β-amino-alcohol motifs (C(OH)–C–C–N with tert-alkyl or cyclic N) is 1. The van der Waals surface area contributed by atoms with E-state index in [1.807, 2.05) is 0 Å². The van der Waals surface area contributed by atoms with Gasteiger partial charge in [0.1, 0.15) is 6.04 Å². The molecule has 0 radical (unpaired) electrons. The number of benzene rings is 1. The number of rotatable bonds is 3. The second-order valence-electron chi connectivity index (χ2n) is 4.62. The van der Waals surface area contributed by atoms with Crippen LogP contribution in [0.5, 0.6) is 0 Å². The van der Waals surface area contributed by atoms with Crippen molar-refractivity contribution in [2.75, 3.05) is 6.54 Å². The van der Waals surface area contributed by atoms with Gasteiger partial charge in [0.15, 0.2) is 0 Å². The molecule has 0 bridgehead atoms. The summed E-state index contributed by atoms with van der Waals surface area (Å²) in [4.78, 5) is 34.5. The summed E-state index contributed by atoms with van der Waals surface area (Å²) in [6.45, 7) is -0.158. The molecule has 1 amide bonds. The molecule has 112 valence electrons. The van der Waals surface area contributed by atoms with E-state index in [1.54, 1.807) is 0 Å². The first-order chi connectivity index (χ1) is 9.81. The first-order valence-corrected chi connectivity index (χ1v) is 6.35. The predicted octanol–water partition coefficient (Wildman–Crippen LogP) is 0.908. The van der Waals surface area contributed by atoms with E-state index in [0.29, 0.717) is 0 Å². The predicted molar refractivity (Wildman–Crippen MR) is 71.2 cm³/mol. The molecule has 2 rings (SSSR count). The van der Waals surface area contributed by atoms with E-state index in [-0.39, 0.29) is 29.2 Å². The van der Waals surface area contributed by atoms with E-state index in [0.717, 1.165) is 17.0 Å². The molecule has 0 unspecified atom stereocenters. The number of aliphatic carboxylic acids is 1. The van der Waals surface area contributed by atoms with Crippen LogP contribution in [0.15, 0.2) is 18.2 Å². The van der Waals surface area contributed by atoms with E-state index in [9.17, 15) is 24.8 Å². The van der Waals surface area contributed by atoms with Gasteiger partial charge >= 0.3 is 5.97 Å². The number of carbonyl (C=O) groups excluding carboxylic acids is 1. The van der Waals surface area contributed by atoms with Crippen LogP contribution >= 0.6 is 11.6 Å². The van der Waals surface area contributed by atoms with Gasteiger partial charge in [-0.2, -0.15) is 0 Å². The van der Waals surface area contributed by atoms with Gasteiger partial charge in [-0.1, -0.05) is 11.6 Å². The Morgan fingerprint density at radius 1 is 1.43 bits per heavy atom. The van der Waals surface area contributed by atoms with Gasteiger partial charge in [0.05, 0.1) is 21.6 Å². The standard InChI is InChI=1S/C12H11ClN2O6/c13-9-2-1-6(15(20)21)3-8(9)11(17)14-5-7(16)4-10(14)12(18)19/h1-3,7,10,16H,4-5H2,(H,18,19)/t7-,10-/m1/s1. The molecule has 21 heavy (non-hydrogen) atoms. The molecule has 0 saturated carbocycles. The third-order valence-electron chi connectivity index (χ3n) is 3.22.